The van der Waals surface area contributed by atoms with Crippen LogP contribution in [-0.4, -0.2) is 61.2 Å². The van der Waals surface area contributed by atoms with Gasteiger partial charge in [0, 0.05) is 14.2 Å². The second-order valence-corrected chi connectivity index (χ2v) is 5.88. The van der Waals surface area contributed by atoms with E-state index < -0.39 is 47.5 Å². The van der Waals surface area contributed by atoms with Crippen LogP contribution >= 0.6 is 0 Å². The minimum Gasteiger partial charge on any atom is -0.480 e. The first-order valence-corrected chi connectivity index (χ1v) is 7.61. The van der Waals surface area contributed by atoms with E-state index in [-0.39, 0.29) is 11.1 Å². The summed E-state index contributed by atoms with van der Waals surface area (Å²) in [5.74, 6) is -4.35. The van der Waals surface area contributed by atoms with Gasteiger partial charge in [-0.15, -0.1) is 0 Å². The van der Waals surface area contributed by atoms with Crippen LogP contribution in [0.5, 0.6) is 0 Å². The van der Waals surface area contributed by atoms with Gasteiger partial charge in [0.05, 0.1) is 13.2 Å². The molecule has 0 saturated heterocycles. The Labute approximate surface area is 150 Å². The number of carbonyl (C=O) groups excluding carboxylic acids is 2. The van der Waals surface area contributed by atoms with Gasteiger partial charge in [-0.25, -0.2) is 0 Å². The third-order valence-corrected chi connectivity index (χ3v) is 4.37. The molecule has 0 aromatic heterocycles. The minimum atomic E-state index is -2.07. The molecular formula is C18H21O8. The van der Waals surface area contributed by atoms with E-state index in [1.54, 1.807) is 0 Å². The van der Waals surface area contributed by atoms with E-state index in [0.717, 1.165) is 13.8 Å². The molecule has 2 atom stereocenters. The number of ketones is 2. The lowest BCUT2D eigenvalue weighted by molar-refractivity contribution is -0.152. The van der Waals surface area contributed by atoms with Crippen LogP contribution in [0.3, 0.4) is 0 Å². The monoisotopic (exact) mass is 365 g/mol. The molecule has 0 aliphatic rings. The molecule has 8 nitrogen and oxygen atoms in total. The first-order valence-electron chi connectivity index (χ1n) is 7.61. The van der Waals surface area contributed by atoms with Gasteiger partial charge in [0.1, 0.15) is 0 Å². The van der Waals surface area contributed by atoms with Gasteiger partial charge in [0.15, 0.2) is 22.4 Å². The van der Waals surface area contributed by atoms with Crippen molar-refractivity contribution >= 4 is 23.5 Å². The lowest BCUT2D eigenvalue weighted by Crippen LogP contribution is -2.49. The Balaban J connectivity index is 3.76. The molecule has 141 valence electrons. The Morgan fingerprint density at radius 1 is 0.885 bits per heavy atom. The number of carbonyl (C=O) groups is 4. The van der Waals surface area contributed by atoms with Gasteiger partial charge in [-0.3, -0.25) is 19.2 Å². The summed E-state index contributed by atoms with van der Waals surface area (Å²) in [6.07, 6.45) is 0. The van der Waals surface area contributed by atoms with Crippen LogP contribution in [-0.2, 0) is 39.5 Å². The molecule has 1 aromatic rings. The van der Waals surface area contributed by atoms with Gasteiger partial charge in [0.25, 0.3) is 0 Å². The molecule has 8 heteroatoms. The zero-order valence-corrected chi connectivity index (χ0v) is 15.0. The van der Waals surface area contributed by atoms with Crippen LogP contribution < -0.4 is 0 Å². The Hall–Kier alpha value is -2.58. The Morgan fingerprint density at radius 2 is 1.23 bits per heavy atom. The molecule has 0 aliphatic carbocycles. The molecule has 2 unspecified atom stereocenters. The van der Waals surface area contributed by atoms with Crippen LogP contribution in [0.1, 0.15) is 25.0 Å². The van der Waals surface area contributed by atoms with Gasteiger partial charge in [-0.2, -0.15) is 0 Å². The predicted octanol–water partition coefficient (Wildman–Crippen LogP) is 0.602. The third kappa shape index (κ3) is 3.38. The Bertz CT molecular complexity index is 636. The number of aliphatic carboxylic acids is 2. The van der Waals surface area contributed by atoms with Crippen molar-refractivity contribution in [1.29, 1.82) is 0 Å². The summed E-state index contributed by atoms with van der Waals surface area (Å²) >= 11 is 0. The molecule has 1 radical (unpaired) electrons. The molecule has 1 aromatic carbocycles. The van der Waals surface area contributed by atoms with Crippen molar-refractivity contribution in [3.63, 3.8) is 0 Å². The van der Waals surface area contributed by atoms with E-state index in [4.69, 9.17) is 9.47 Å². The summed E-state index contributed by atoms with van der Waals surface area (Å²) in [4.78, 5) is 48.1. The molecule has 1 rings (SSSR count). The summed E-state index contributed by atoms with van der Waals surface area (Å²) in [6, 6.07) is 6.69. The van der Waals surface area contributed by atoms with E-state index in [1.807, 2.05) is 0 Å². The van der Waals surface area contributed by atoms with Gasteiger partial charge in [-0.05, 0) is 31.0 Å². The number of carboxylic acid groups (broad SMARTS) is 2. The van der Waals surface area contributed by atoms with E-state index in [1.165, 1.54) is 32.4 Å². The summed E-state index contributed by atoms with van der Waals surface area (Å²) in [5.41, 5.74) is -4.34. The number of carboxylic acids is 2. The summed E-state index contributed by atoms with van der Waals surface area (Å²) in [6.45, 7) is 1.25. The Morgan fingerprint density at radius 3 is 1.46 bits per heavy atom. The second-order valence-electron chi connectivity index (χ2n) is 5.88. The quantitative estimate of drug-likeness (QED) is 0.577. The van der Waals surface area contributed by atoms with Crippen LogP contribution in [0.15, 0.2) is 18.2 Å². The molecule has 0 amide bonds. The zero-order valence-electron chi connectivity index (χ0n) is 15.0. The highest BCUT2D eigenvalue weighted by Gasteiger charge is 2.49. The number of hydrogen-bond acceptors (Lipinski definition) is 6. The standard InChI is InChI=1S/C18H21O8/c1-11(19)17(9-25-3,15(21)22)13-6-5-7-14(8-13)18(10-26-4,12(2)20)16(23)24/h5-7H,9-10H2,1-4H3,(H,21,22)(H,23,24). The molecule has 0 aliphatic heterocycles. The molecule has 2 N–H and O–H groups in total. The molecule has 0 fully saturated rings. The maximum absolute atomic E-state index is 12.2. The number of Topliss-reactive ketones (excluding diaryl/α,β-unsaturated/α-hetero) is 2. The van der Waals surface area contributed by atoms with Crippen molar-refractivity contribution in [2.45, 2.75) is 24.7 Å². The van der Waals surface area contributed by atoms with E-state index in [9.17, 15) is 29.4 Å². The maximum Gasteiger partial charge on any atom is 0.324 e. The first kappa shape index (κ1) is 21.5. The lowest BCUT2D eigenvalue weighted by Gasteiger charge is -2.30. The number of benzene rings is 1. The van der Waals surface area contributed by atoms with Crippen molar-refractivity contribution in [1.82, 2.24) is 0 Å². The summed E-state index contributed by atoms with van der Waals surface area (Å²) < 4.78 is 9.85. The topological polar surface area (TPSA) is 127 Å². The molecule has 0 saturated carbocycles. The average Bonchev–Trinajstić information content (AvgIpc) is 2.56. The Kier molecular flexibility index (Phi) is 6.77. The zero-order chi connectivity index (χ0) is 20.1. The van der Waals surface area contributed by atoms with Crippen LogP contribution in [0.4, 0.5) is 0 Å². The van der Waals surface area contributed by atoms with Gasteiger partial charge in [-0.1, -0.05) is 18.2 Å². The van der Waals surface area contributed by atoms with Crippen LogP contribution in [0.2, 0.25) is 0 Å². The fraction of sp³-hybridized carbons (Fsp3) is 0.444. The maximum atomic E-state index is 12.2. The number of hydrogen-bond donors (Lipinski definition) is 2. The molecule has 0 bridgehead atoms. The van der Waals surface area contributed by atoms with E-state index in [2.05, 4.69) is 6.07 Å². The third-order valence-electron chi connectivity index (χ3n) is 4.37. The predicted molar refractivity (Wildman–Crippen MR) is 89.0 cm³/mol. The first-order chi connectivity index (χ1) is 12.1. The highest BCUT2D eigenvalue weighted by atomic mass is 16.5. The number of ether oxygens (including phenoxy) is 2. The molecule has 0 heterocycles. The highest BCUT2D eigenvalue weighted by Crippen LogP contribution is 2.32. The number of rotatable bonds is 10. The fourth-order valence-electron chi connectivity index (χ4n) is 2.79. The minimum absolute atomic E-state index is 0.0974. The van der Waals surface area contributed by atoms with Crippen LogP contribution in [0, 0.1) is 6.07 Å². The molecule has 0 spiro atoms. The van der Waals surface area contributed by atoms with E-state index >= 15 is 0 Å². The largest absolute Gasteiger partial charge is 0.480 e. The fourth-order valence-corrected chi connectivity index (χ4v) is 2.79. The van der Waals surface area contributed by atoms with Gasteiger partial charge < -0.3 is 19.7 Å². The number of methoxy groups -OCH3 is 2. The van der Waals surface area contributed by atoms with Gasteiger partial charge in [0.2, 0.25) is 0 Å². The molecular weight excluding hydrogens is 344 g/mol. The molecule has 26 heavy (non-hydrogen) atoms. The van der Waals surface area contributed by atoms with Crippen LogP contribution in [0.25, 0.3) is 0 Å². The normalized spacial score (nSPS) is 15.5. The van der Waals surface area contributed by atoms with Crippen molar-refractivity contribution in [3.8, 4) is 0 Å². The van der Waals surface area contributed by atoms with E-state index in [0.29, 0.717) is 0 Å². The second kappa shape index (κ2) is 8.20. The average molecular weight is 365 g/mol. The summed E-state index contributed by atoms with van der Waals surface area (Å²) in [7, 11) is 2.49. The lowest BCUT2D eigenvalue weighted by atomic mass is 9.73. The van der Waals surface area contributed by atoms with Crippen molar-refractivity contribution in [2.75, 3.05) is 27.4 Å². The smallest absolute Gasteiger partial charge is 0.324 e. The summed E-state index contributed by atoms with van der Waals surface area (Å²) in [5, 5.41) is 19.3. The highest BCUT2D eigenvalue weighted by molar-refractivity contribution is 6.10. The van der Waals surface area contributed by atoms with Gasteiger partial charge >= 0.3 is 11.9 Å². The van der Waals surface area contributed by atoms with Crippen molar-refractivity contribution in [2.24, 2.45) is 0 Å². The van der Waals surface area contributed by atoms with Crippen molar-refractivity contribution in [3.05, 3.63) is 35.4 Å². The SMILES string of the molecule is COCC(C(C)=O)(C(=O)O)c1[c]c(C(COC)(C(C)=O)C(=O)O)ccc1. The van der Waals surface area contributed by atoms with Crippen molar-refractivity contribution < 1.29 is 38.9 Å².